The second kappa shape index (κ2) is 14.5. The van der Waals surface area contributed by atoms with E-state index in [1.807, 2.05) is 0 Å². The van der Waals surface area contributed by atoms with Crippen LogP contribution >= 0.6 is 11.6 Å². The third-order valence-electron chi connectivity index (χ3n) is 7.59. The van der Waals surface area contributed by atoms with Crippen LogP contribution in [0.3, 0.4) is 0 Å². The zero-order valence-corrected chi connectivity index (χ0v) is 26.1. The highest BCUT2D eigenvalue weighted by molar-refractivity contribution is 7.88. The Kier molecular flexibility index (Phi) is 11.0. The molecule has 0 radical (unpaired) electrons. The van der Waals surface area contributed by atoms with Crippen LogP contribution in [0.5, 0.6) is 0 Å². The van der Waals surface area contributed by atoms with Crippen molar-refractivity contribution in [1.29, 1.82) is 0 Å². The largest absolute Gasteiger partial charge is 0.453 e. The predicted octanol–water partition coefficient (Wildman–Crippen LogP) is 4.67. The van der Waals surface area contributed by atoms with Crippen molar-refractivity contribution in [3.05, 3.63) is 100 Å². The smallest absolute Gasteiger partial charge is 0.407 e. The molecule has 1 saturated heterocycles. The molecule has 0 saturated carbocycles. The molecule has 1 aliphatic heterocycles. The molecule has 0 unspecified atom stereocenters. The van der Waals surface area contributed by atoms with Crippen LogP contribution in [0.2, 0.25) is 5.02 Å². The number of benzene rings is 3. The first-order valence-corrected chi connectivity index (χ1v) is 16.2. The van der Waals surface area contributed by atoms with Crippen LogP contribution in [0.1, 0.15) is 36.0 Å². The van der Waals surface area contributed by atoms with Crippen LogP contribution in [0.15, 0.2) is 66.7 Å². The lowest BCUT2D eigenvalue weighted by atomic mass is 9.84. The van der Waals surface area contributed by atoms with Gasteiger partial charge in [0.25, 0.3) is 0 Å². The first kappa shape index (κ1) is 33.3. The number of ether oxygens (including phenoxy) is 1. The topological polar surface area (TPSA) is 117 Å². The molecule has 0 aromatic heterocycles. The fourth-order valence-electron chi connectivity index (χ4n) is 5.74. The number of methoxy groups -OCH3 is 1. The fourth-order valence-corrected chi connectivity index (χ4v) is 7.39. The van der Waals surface area contributed by atoms with Crippen LogP contribution < -0.4 is 16.0 Å². The molecule has 3 aromatic carbocycles. The lowest BCUT2D eigenvalue weighted by molar-refractivity contribution is -0.118. The first-order valence-electron chi connectivity index (χ1n) is 14.0. The van der Waals surface area contributed by atoms with Crippen molar-refractivity contribution < 1.29 is 31.5 Å². The maximum absolute atomic E-state index is 15.3. The number of piperazine rings is 1. The third kappa shape index (κ3) is 8.12. The van der Waals surface area contributed by atoms with Gasteiger partial charge in [0, 0.05) is 47.4 Å². The van der Waals surface area contributed by atoms with E-state index in [2.05, 4.69) is 16.0 Å². The first-order chi connectivity index (χ1) is 20.9. The number of anilines is 1. The monoisotopic (exact) mass is 648 g/mol. The van der Waals surface area contributed by atoms with E-state index >= 15 is 4.39 Å². The zero-order chi connectivity index (χ0) is 32.0. The van der Waals surface area contributed by atoms with Crippen LogP contribution in [0.25, 0.3) is 0 Å². The molecular weight excluding hydrogens is 614 g/mol. The number of carbonyl (C=O) groups excluding carboxylic acids is 2. The highest BCUT2D eigenvalue weighted by Crippen LogP contribution is 2.32. The van der Waals surface area contributed by atoms with Gasteiger partial charge in [0.05, 0.1) is 13.4 Å². The summed E-state index contributed by atoms with van der Waals surface area (Å²) < 4.78 is 60.9. The Bertz CT molecular complexity index is 1560. The number of nitrogens with one attached hydrogen (secondary N) is 3. The number of halogens is 3. The van der Waals surface area contributed by atoms with E-state index < -0.39 is 51.7 Å². The SMILES string of the molecule is COC(=O)N[C@H](C(=O)Nc1cccc(F)c1CC[C@H]1CNC[C@@H](C)N1S(C)(=O)=O)[C@H](c1cccc(F)c1)c1cccc(Cl)c1. The molecule has 1 heterocycles. The van der Waals surface area contributed by atoms with Gasteiger partial charge >= 0.3 is 6.09 Å². The zero-order valence-electron chi connectivity index (χ0n) is 24.5. The summed E-state index contributed by atoms with van der Waals surface area (Å²) in [6.45, 7) is 2.70. The molecule has 1 fully saturated rings. The molecule has 44 heavy (non-hydrogen) atoms. The molecule has 0 bridgehead atoms. The van der Waals surface area contributed by atoms with Crippen molar-refractivity contribution in [3.8, 4) is 0 Å². The molecule has 0 aliphatic carbocycles. The van der Waals surface area contributed by atoms with Crippen molar-refractivity contribution in [2.24, 2.45) is 0 Å². The van der Waals surface area contributed by atoms with Gasteiger partial charge in [0.2, 0.25) is 15.9 Å². The van der Waals surface area contributed by atoms with Crippen molar-refractivity contribution >= 4 is 39.3 Å². The minimum absolute atomic E-state index is 0.115. The lowest BCUT2D eigenvalue weighted by Gasteiger charge is -2.39. The molecule has 4 rings (SSSR count). The van der Waals surface area contributed by atoms with Gasteiger partial charge in [-0.2, -0.15) is 4.31 Å². The second-order valence-electron chi connectivity index (χ2n) is 10.7. The number of sulfonamides is 1. The Morgan fingerprint density at radius 3 is 2.41 bits per heavy atom. The summed E-state index contributed by atoms with van der Waals surface area (Å²) in [5.74, 6) is -2.77. The molecule has 236 valence electrons. The van der Waals surface area contributed by atoms with E-state index in [9.17, 15) is 22.4 Å². The third-order valence-corrected chi connectivity index (χ3v) is 9.25. The van der Waals surface area contributed by atoms with E-state index in [1.165, 1.54) is 40.7 Å². The summed E-state index contributed by atoms with van der Waals surface area (Å²) in [5, 5.41) is 8.88. The highest BCUT2D eigenvalue weighted by atomic mass is 35.5. The highest BCUT2D eigenvalue weighted by Gasteiger charge is 2.36. The number of hydrogen-bond donors (Lipinski definition) is 3. The van der Waals surface area contributed by atoms with Gasteiger partial charge in [-0.15, -0.1) is 0 Å². The summed E-state index contributed by atoms with van der Waals surface area (Å²) >= 11 is 6.27. The predicted molar refractivity (Wildman–Crippen MR) is 165 cm³/mol. The molecular formula is C31H35ClF2N4O5S. The number of rotatable bonds is 10. The average molecular weight is 649 g/mol. The molecule has 13 heteroatoms. The number of alkyl carbamates (subject to hydrolysis) is 1. The van der Waals surface area contributed by atoms with Gasteiger partial charge < -0.3 is 20.7 Å². The van der Waals surface area contributed by atoms with Crippen LogP contribution in [0.4, 0.5) is 19.3 Å². The summed E-state index contributed by atoms with van der Waals surface area (Å²) in [7, 11) is -2.37. The Hall–Kier alpha value is -3.58. The quantitative estimate of drug-likeness (QED) is 0.294. The minimum Gasteiger partial charge on any atom is -0.453 e. The number of hydrogen-bond acceptors (Lipinski definition) is 6. The van der Waals surface area contributed by atoms with Crippen molar-refractivity contribution in [2.75, 3.05) is 31.8 Å². The number of amides is 2. The number of carbonyl (C=O) groups is 2. The minimum atomic E-state index is -3.52. The van der Waals surface area contributed by atoms with Gasteiger partial charge in [0.1, 0.15) is 17.7 Å². The van der Waals surface area contributed by atoms with E-state index in [4.69, 9.17) is 16.3 Å². The molecule has 1 aliphatic rings. The second-order valence-corrected chi connectivity index (χ2v) is 13.1. The number of nitrogens with zero attached hydrogens (tertiary/aromatic N) is 1. The summed E-state index contributed by atoms with van der Waals surface area (Å²) in [6, 6.07) is 14.4. The molecule has 0 spiro atoms. The normalized spacial score (nSPS) is 18.7. The van der Waals surface area contributed by atoms with Gasteiger partial charge in [0.15, 0.2) is 0 Å². The van der Waals surface area contributed by atoms with Crippen molar-refractivity contribution in [2.45, 2.75) is 43.8 Å². The molecule has 3 aromatic rings. The Morgan fingerprint density at radius 2 is 1.75 bits per heavy atom. The molecule has 4 atom stereocenters. The molecule has 9 nitrogen and oxygen atoms in total. The van der Waals surface area contributed by atoms with E-state index in [0.29, 0.717) is 29.2 Å². The standard InChI is InChI=1S/C31H35ClF2N4O5S/c1-19-17-35-18-24(38(19)44(3,41)42)13-14-25-26(34)11-6-12-27(25)36-30(39)29(37-31(40)43-2)28(20-7-4-9-22(32)15-20)21-8-5-10-23(33)16-21/h4-12,15-16,19,24,28-29,35H,13-14,17-18H2,1-3H3,(H,36,39)(H,37,40)/t19-,24+,28+,29+/m1/s1. The van der Waals surface area contributed by atoms with Gasteiger partial charge in [-0.1, -0.05) is 41.9 Å². The lowest BCUT2D eigenvalue weighted by Crippen LogP contribution is -2.58. The van der Waals surface area contributed by atoms with E-state index in [1.54, 1.807) is 37.3 Å². The Morgan fingerprint density at radius 1 is 1.07 bits per heavy atom. The van der Waals surface area contributed by atoms with Gasteiger partial charge in [-0.25, -0.2) is 22.0 Å². The van der Waals surface area contributed by atoms with Crippen molar-refractivity contribution in [3.63, 3.8) is 0 Å². The van der Waals surface area contributed by atoms with Crippen molar-refractivity contribution in [1.82, 2.24) is 14.9 Å². The van der Waals surface area contributed by atoms with E-state index in [-0.39, 0.29) is 30.1 Å². The molecule has 2 amide bonds. The van der Waals surface area contributed by atoms with Gasteiger partial charge in [-0.3, -0.25) is 4.79 Å². The van der Waals surface area contributed by atoms with Gasteiger partial charge in [-0.05, 0) is 67.3 Å². The van der Waals surface area contributed by atoms with Crippen LogP contribution in [0, 0.1) is 11.6 Å². The molecule has 3 N–H and O–H groups in total. The summed E-state index contributed by atoms with van der Waals surface area (Å²) in [6.07, 6.45) is 0.643. The Balaban J connectivity index is 1.68. The Labute approximate surface area is 261 Å². The summed E-state index contributed by atoms with van der Waals surface area (Å²) in [5.41, 5.74) is 1.22. The summed E-state index contributed by atoms with van der Waals surface area (Å²) in [4.78, 5) is 26.5. The van der Waals surface area contributed by atoms with Crippen LogP contribution in [-0.2, 0) is 26.0 Å². The fraction of sp³-hybridized carbons (Fsp3) is 0.355. The van der Waals surface area contributed by atoms with Crippen LogP contribution in [-0.4, -0.2) is 69.3 Å². The van der Waals surface area contributed by atoms with E-state index in [0.717, 1.165) is 13.4 Å². The maximum Gasteiger partial charge on any atom is 0.407 e. The average Bonchev–Trinajstić information content (AvgIpc) is 2.96. The maximum atomic E-state index is 15.3.